The second kappa shape index (κ2) is 6.52. The molecule has 0 radical (unpaired) electrons. The Morgan fingerprint density at radius 1 is 1.42 bits per heavy atom. The van der Waals surface area contributed by atoms with Gasteiger partial charge in [-0.25, -0.2) is 4.39 Å². The van der Waals surface area contributed by atoms with Crippen molar-refractivity contribution >= 4 is 11.6 Å². The topological polar surface area (TPSA) is 58.4 Å². The number of carbonyl (C=O) groups excluding carboxylic acids is 1. The van der Waals surface area contributed by atoms with E-state index in [9.17, 15) is 9.18 Å². The smallest absolute Gasteiger partial charge is 0.251 e. The highest BCUT2D eigenvalue weighted by Gasteiger charge is 2.18. The lowest BCUT2D eigenvalue weighted by Crippen LogP contribution is -2.45. The third-order valence-corrected chi connectivity index (χ3v) is 2.95. The quantitative estimate of drug-likeness (QED) is 0.799. The molecule has 0 saturated carbocycles. The van der Waals surface area contributed by atoms with Crippen LogP contribution in [0.15, 0.2) is 18.2 Å². The summed E-state index contributed by atoms with van der Waals surface area (Å²) < 4.78 is 13.3. The minimum atomic E-state index is -0.568. The van der Waals surface area contributed by atoms with Gasteiger partial charge in [0.1, 0.15) is 5.82 Å². The minimum Gasteiger partial charge on any atom is -0.396 e. The van der Waals surface area contributed by atoms with Crippen molar-refractivity contribution in [3.63, 3.8) is 0 Å². The number of benzene rings is 1. The lowest BCUT2D eigenvalue weighted by molar-refractivity contribution is 0.0916. The molecule has 1 aromatic rings. The van der Waals surface area contributed by atoms with Crippen LogP contribution in [-0.4, -0.2) is 37.5 Å². The van der Waals surface area contributed by atoms with Crippen LogP contribution in [0.2, 0.25) is 0 Å². The molecule has 0 aromatic heterocycles. The summed E-state index contributed by atoms with van der Waals surface area (Å²) in [6, 6.07) is 4.11. The molecule has 0 aliphatic rings. The van der Waals surface area contributed by atoms with Crippen LogP contribution in [0.5, 0.6) is 0 Å². The molecule has 1 aromatic carbocycles. The van der Waals surface area contributed by atoms with E-state index in [1.807, 2.05) is 32.8 Å². The molecule has 0 heterocycles. The molecule has 1 unspecified atom stereocenters. The van der Waals surface area contributed by atoms with Gasteiger partial charge >= 0.3 is 0 Å². The van der Waals surface area contributed by atoms with E-state index in [-0.39, 0.29) is 23.2 Å². The zero-order valence-corrected chi connectivity index (χ0v) is 11.9. The fourth-order valence-corrected chi connectivity index (χ4v) is 1.74. The van der Waals surface area contributed by atoms with Gasteiger partial charge in [-0.3, -0.25) is 4.79 Å². The minimum absolute atomic E-state index is 0.0168. The molecule has 3 N–H and O–H groups in total. The second-order valence-corrected chi connectivity index (χ2v) is 5.32. The fraction of sp³-hybridized carbons (Fsp3) is 0.500. The highest BCUT2D eigenvalue weighted by molar-refractivity contribution is 5.94. The number of nitrogens with zero attached hydrogens (tertiary/aromatic N) is 1. The highest BCUT2D eigenvalue weighted by atomic mass is 19.1. The van der Waals surface area contributed by atoms with Crippen LogP contribution < -0.4 is 11.1 Å². The summed E-state index contributed by atoms with van der Waals surface area (Å²) in [5.74, 6) is -0.550. The molecule has 0 bridgehead atoms. The first-order chi connectivity index (χ1) is 8.81. The van der Waals surface area contributed by atoms with Crippen molar-refractivity contribution in [2.45, 2.75) is 19.9 Å². The Morgan fingerprint density at radius 3 is 2.53 bits per heavy atom. The van der Waals surface area contributed by atoms with Crippen molar-refractivity contribution in [3.05, 3.63) is 29.6 Å². The van der Waals surface area contributed by atoms with Crippen LogP contribution in [0.4, 0.5) is 10.1 Å². The van der Waals surface area contributed by atoms with Crippen LogP contribution >= 0.6 is 0 Å². The number of likely N-dealkylation sites (N-methyl/N-ethyl adjacent to an activating group) is 1. The number of hydrogen-bond acceptors (Lipinski definition) is 3. The molecule has 0 aliphatic heterocycles. The third kappa shape index (κ3) is 4.52. The van der Waals surface area contributed by atoms with E-state index in [4.69, 9.17) is 5.73 Å². The molecule has 0 saturated heterocycles. The average Bonchev–Trinajstić information content (AvgIpc) is 2.31. The summed E-state index contributed by atoms with van der Waals surface area (Å²) in [6.45, 7) is 4.82. The first-order valence-corrected chi connectivity index (χ1v) is 6.32. The first kappa shape index (κ1) is 15.4. The molecule has 19 heavy (non-hydrogen) atoms. The Labute approximate surface area is 113 Å². The van der Waals surface area contributed by atoms with Gasteiger partial charge in [-0.1, -0.05) is 13.8 Å². The predicted octanol–water partition coefficient (Wildman–Crippen LogP) is 1.72. The second-order valence-electron chi connectivity index (χ2n) is 5.32. The number of rotatable bonds is 5. The maximum Gasteiger partial charge on any atom is 0.251 e. The van der Waals surface area contributed by atoms with Crippen LogP contribution in [0, 0.1) is 11.7 Å². The normalized spacial score (nSPS) is 12.8. The number of anilines is 1. The Kier molecular flexibility index (Phi) is 5.30. The molecule has 1 atom stereocenters. The van der Waals surface area contributed by atoms with Crippen molar-refractivity contribution in [2.75, 3.05) is 26.4 Å². The summed E-state index contributed by atoms with van der Waals surface area (Å²) in [6.07, 6.45) is 0. The standard InChI is InChI=1S/C14H22FN3O/c1-9(2)13(8-18(3)4)17-14(19)10-5-6-12(16)11(15)7-10/h5-7,9,13H,8,16H2,1-4H3,(H,17,19). The number of halogens is 1. The average molecular weight is 267 g/mol. The van der Waals surface area contributed by atoms with Crippen molar-refractivity contribution in [1.82, 2.24) is 10.2 Å². The fourth-order valence-electron chi connectivity index (χ4n) is 1.74. The summed E-state index contributed by atoms with van der Waals surface area (Å²) in [5.41, 5.74) is 5.73. The van der Waals surface area contributed by atoms with Gasteiger partial charge in [0.15, 0.2) is 0 Å². The van der Waals surface area contributed by atoms with Crippen molar-refractivity contribution in [2.24, 2.45) is 5.92 Å². The van der Waals surface area contributed by atoms with Crippen molar-refractivity contribution in [3.8, 4) is 0 Å². The SMILES string of the molecule is CC(C)C(CN(C)C)NC(=O)c1ccc(N)c(F)c1. The van der Waals surface area contributed by atoms with E-state index < -0.39 is 5.82 Å². The van der Waals surface area contributed by atoms with E-state index in [1.54, 1.807) is 0 Å². The van der Waals surface area contributed by atoms with Crippen molar-refractivity contribution < 1.29 is 9.18 Å². The number of carbonyl (C=O) groups is 1. The maximum absolute atomic E-state index is 13.3. The third-order valence-electron chi connectivity index (χ3n) is 2.95. The largest absolute Gasteiger partial charge is 0.396 e. The van der Waals surface area contributed by atoms with Crippen LogP contribution in [-0.2, 0) is 0 Å². The van der Waals surface area contributed by atoms with Gasteiger partial charge in [0, 0.05) is 18.2 Å². The zero-order chi connectivity index (χ0) is 14.6. The van der Waals surface area contributed by atoms with Crippen LogP contribution in [0.25, 0.3) is 0 Å². The van der Waals surface area contributed by atoms with Crippen LogP contribution in [0.3, 0.4) is 0 Å². The van der Waals surface area contributed by atoms with Gasteiger partial charge in [0.2, 0.25) is 0 Å². The number of hydrogen-bond donors (Lipinski definition) is 2. The molecule has 0 aliphatic carbocycles. The monoisotopic (exact) mass is 267 g/mol. The summed E-state index contributed by atoms with van der Waals surface area (Å²) in [7, 11) is 3.90. The van der Waals surface area contributed by atoms with Gasteiger partial charge in [-0.2, -0.15) is 0 Å². The molecule has 1 rings (SSSR count). The lowest BCUT2D eigenvalue weighted by atomic mass is 10.0. The molecular formula is C14H22FN3O. The molecular weight excluding hydrogens is 245 g/mol. The number of nitrogens with one attached hydrogen (secondary N) is 1. The molecule has 4 nitrogen and oxygen atoms in total. The van der Waals surface area contributed by atoms with Gasteiger partial charge in [0.25, 0.3) is 5.91 Å². The zero-order valence-electron chi connectivity index (χ0n) is 11.9. The van der Waals surface area contributed by atoms with E-state index in [0.717, 1.165) is 12.6 Å². The van der Waals surface area contributed by atoms with E-state index in [0.29, 0.717) is 5.92 Å². The van der Waals surface area contributed by atoms with E-state index in [2.05, 4.69) is 5.32 Å². The lowest BCUT2D eigenvalue weighted by Gasteiger charge is -2.25. The number of nitrogen functional groups attached to an aromatic ring is 1. The van der Waals surface area contributed by atoms with Crippen molar-refractivity contribution in [1.29, 1.82) is 0 Å². The Hall–Kier alpha value is -1.62. The first-order valence-electron chi connectivity index (χ1n) is 6.32. The molecule has 1 amide bonds. The summed E-state index contributed by atoms with van der Waals surface area (Å²) in [5, 5.41) is 2.92. The van der Waals surface area contributed by atoms with E-state index >= 15 is 0 Å². The Morgan fingerprint density at radius 2 is 2.05 bits per heavy atom. The van der Waals surface area contributed by atoms with E-state index in [1.165, 1.54) is 12.1 Å². The Balaban J connectivity index is 2.78. The highest BCUT2D eigenvalue weighted by Crippen LogP contribution is 2.12. The molecule has 106 valence electrons. The molecule has 5 heteroatoms. The van der Waals surface area contributed by atoms with Gasteiger partial charge in [0.05, 0.1) is 5.69 Å². The summed E-state index contributed by atoms with van der Waals surface area (Å²) in [4.78, 5) is 14.1. The van der Waals surface area contributed by atoms with Crippen LogP contribution in [0.1, 0.15) is 24.2 Å². The van der Waals surface area contributed by atoms with Gasteiger partial charge < -0.3 is 16.0 Å². The maximum atomic E-state index is 13.3. The summed E-state index contributed by atoms with van der Waals surface area (Å²) >= 11 is 0. The molecule has 0 spiro atoms. The number of amides is 1. The van der Waals surface area contributed by atoms with Gasteiger partial charge in [-0.15, -0.1) is 0 Å². The Bertz CT molecular complexity index is 446. The molecule has 0 fully saturated rings. The number of nitrogens with two attached hydrogens (primary N) is 1. The predicted molar refractivity (Wildman–Crippen MR) is 75.5 cm³/mol. The van der Waals surface area contributed by atoms with Gasteiger partial charge in [-0.05, 0) is 38.2 Å².